The van der Waals surface area contributed by atoms with Gasteiger partial charge >= 0.3 is 245 Å². The van der Waals surface area contributed by atoms with Gasteiger partial charge in [0.1, 0.15) is 0 Å². The first kappa shape index (κ1) is 25.7. The third kappa shape index (κ3) is 4.83. The molecular formula is C36H35SiZr. The molecule has 0 aliphatic heterocycles. The fourth-order valence-electron chi connectivity index (χ4n) is 6.73. The van der Waals surface area contributed by atoms with Crippen molar-refractivity contribution in [1.29, 1.82) is 0 Å². The van der Waals surface area contributed by atoms with Crippen LogP contribution < -0.4 is 0 Å². The van der Waals surface area contributed by atoms with E-state index in [0.29, 0.717) is 11.8 Å². The summed E-state index contributed by atoms with van der Waals surface area (Å²) in [6, 6.07) is 38.7. The van der Waals surface area contributed by atoms with Crippen molar-refractivity contribution in [3.05, 3.63) is 130 Å². The molecular weight excluding hydrogens is 552 g/mol. The van der Waals surface area contributed by atoms with Crippen molar-refractivity contribution in [1.82, 2.24) is 0 Å². The molecule has 0 amide bonds. The topological polar surface area (TPSA) is 0 Å². The van der Waals surface area contributed by atoms with Crippen molar-refractivity contribution in [3.8, 4) is 22.3 Å². The Morgan fingerprint density at radius 2 is 0.974 bits per heavy atom. The molecule has 0 nitrogen and oxygen atoms in total. The van der Waals surface area contributed by atoms with Gasteiger partial charge in [-0.15, -0.1) is 0 Å². The number of allylic oxidation sites excluding steroid dienone is 2. The molecule has 0 spiro atoms. The van der Waals surface area contributed by atoms with Crippen molar-refractivity contribution in [2.45, 2.75) is 50.6 Å². The molecule has 2 aliphatic carbocycles. The van der Waals surface area contributed by atoms with Crippen molar-refractivity contribution in [2.75, 3.05) is 0 Å². The second kappa shape index (κ2) is 11.3. The molecule has 0 bridgehead atoms. The van der Waals surface area contributed by atoms with Gasteiger partial charge in [-0.1, -0.05) is 0 Å². The second-order valence-corrected chi connectivity index (χ2v) is 19.1. The summed E-state index contributed by atoms with van der Waals surface area (Å²) in [6.07, 6.45) is 7.37. The van der Waals surface area contributed by atoms with Gasteiger partial charge in [0, 0.05) is 0 Å². The Kier molecular flexibility index (Phi) is 7.64. The number of rotatable bonds is 8. The summed E-state index contributed by atoms with van der Waals surface area (Å²) < 4.78 is 0. The van der Waals surface area contributed by atoms with Crippen LogP contribution in [0.3, 0.4) is 0 Å². The van der Waals surface area contributed by atoms with E-state index in [1.165, 1.54) is 45.5 Å². The molecule has 2 unspecified atom stereocenters. The summed E-state index contributed by atoms with van der Waals surface area (Å²) in [6.45, 7) is 4.70. The van der Waals surface area contributed by atoms with Gasteiger partial charge in [0.2, 0.25) is 0 Å². The van der Waals surface area contributed by atoms with Gasteiger partial charge in [-0.3, -0.25) is 0 Å². The average Bonchev–Trinajstić information content (AvgIpc) is 3.51. The first-order chi connectivity index (χ1) is 18.7. The minimum atomic E-state index is -0.902. The second-order valence-electron chi connectivity index (χ2n) is 10.8. The van der Waals surface area contributed by atoms with Gasteiger partial charge in [0.05, 0.1) is 0 Å². The Labute approximate surface area is 243 Å². The Balaban J connectivity index is 1.27. The van der Waals surface area contributed by atoms with E-state index in [1.807, 2.05) is 0 Å². The molecule has 0 fully saturated rings. The van der Waals surface area contributed by atoms with Crippen LogP contribution in [-0.2, 0) is 23.9 Å². The van der Waals surface area contributed by atoms with E-state index in [-0.39, 0.29) is 0 Å². The summed E-state index contributed by atoms with van der Waals surface area (Å²) in [5.41, 5.74) is 14.9. The van der Waals surface area contributed by atoms with Crippen LogP contribution in [0, 0.1) is 0 Å². The molecule has 2 heteroatoms. The van der Waals surface area contributed by atoms with Gasteiger partial charge in [-0.25, -0.2) is 0 Å². The van der Waals surface area contributed by atoms with E-state index >= 15 is 0 Å². The molecule has 0 saturated heterocycles. The summed E-state index contributed by atoms with van der Waals surface area (Å²) in [7, 11) is 0. The fourth-order valence-corrected chi connectivity index (χ4v) is 12.6. The van der Waals surface area contributed by atoms with Crippen LogP contribution in [0.25, 0.3) is 34.4 Å². The predicted octanol–water partition coefficient (Wildman–Crippen LogP) is 9.77. The predicted molar refractivity (Wildman–Crippen MR) is 163 cm³/mol. The maximum atomic E-state index is 2.54. The summed E-state index contributed by atoms with van der Waals surface area (Å²) >= 11 is 1.81. The molecule has 187 valence electrons. The van der Waals surface area contributed by atoms with E-state index in [1.54, 1.807) is 46.2 Å². The van der Waals surface area contributed by atoms with Crippen LogP contribution in [0.4, 0.5) is 0 Å². The molecule has 4 aromatic carbocycles. The van der Waals surface area contributed by atoms with Gasteiger partial charge in [0.15, 0.2) is 0 Å². The molecule has 0 N–H and O–H groups in total. The van der Waals surface area contributed by atoms with Crippen LogP contribution in [0.5, 0.6) is 0 Å². The zero-order valence-corrected chi connectivity index (χ0v) is 26.1. The fraction of sp³-hybridized carbons (Fsp3) is 0.222. The van der Waals surface area contributed by atoms with Gasteiger partial charge < -0.3 is 0 Å². The van der Waals surface area contributed by atoms with Crippen LogP contribution in [0.15, 0.2) is 108 Å². The first-order valence-corrected chi connectivity index (χ1v) is 20.6. The Bertz CT molecular complexity index is 1380. The van der Waals surface area contributed by atoms with Crippen molar-refractivity contribution < 1.29 is 23.9 Å². The van der Waals surface area contributed by atoms with Crippen molar-refractivity contribution in [2.24, 2.45) is 0 Å². The summed E-state index contributed by atoms with van der Waals surface area (Å²) in [5.74, 6) is 0.321. The Hall–Kier alpha value is -2.54. The number of hydrogen-bond acceptors (Lipinski definition) is 0. The number of fused-ring (bicyclic) bond motifs is 2. The molecule has 0 aromatic heterocycles. The number of hydrogen-bond donors (Lipinski definition) is 0. The maximum absolute atomic E-state index is 2.54. The van der Waals surface area contributed by atoms with Crippen LogP contribution in [-0.4, -0.2) is 5.92 Å². The average molecular weight is 587 g/mol. The summed E-state index contributed by atoms with van der Waals surface area (Å²) in [4.78, 5) is 0. The van der Waals surface area contributed by atoms with E-state index in [0.717, 1.165) is 12.8 Å². The monoisotopic (exact) mass is 585 g/mol. The molecule has 4 aromatic rings. The van der Waals surface area contributed by atoms with E-state index < -0.39 is 5.92 Å². The third-order valence-corrected chi connectivity index (χ3v) is 14.2. The molecule has 2 atom stereocenters. The molecule has 0 saturated carbocycles. The molecule has 6 rings (SSSR count). The zero-order valence-electron chi connectivity index (χ0n) is 22.5. The van der Waals surface area contributed by atoms with E-state index in [2.05, 4.69) is 123 Å². The molecule has 0 heterocycles. The third-order valence-electron chi connectivity index (χ3n) is 8.61. The Morgan fingerprint density at radius 1 is 0.553 bits per heavy atom. The van der Waals surface area contributed by atoms with Crippen molar-refractivity contribution in [3.63, 3.8) is 0 Å². The molecule has 2 aliphatic rings. The Morgan fingerprint density at radius 3 is 1.37 bits per heavy atom. The van der Waals surface area contributed by atoms with Gasteiger partial charge in [-0.2, -0.15) is 0 Å². The van der Waals surface area contributed by atoms with Crippen LogP contribution in [0.1, 0.15) is 60.8 Å². The normalized spacial score (nSPS) is 18.4. The molecule has 0 radical (unpaired) electrons. The SMILES string of the molecule is CCC1=Cc2c(-c3ccccc3)cccc2C1C[SiH]([Zr])CC1C(CC)=Cc2c(-c3ccccc3)cccc21. The van der Waals surface area contributed by atoms with Gasteiger partial charge in [0.25, 0.3) is 0 Å². The first-order valence-electron chi connectivity index (χ1n) is 14.2. The zero-order chi connectivity index (χ0) is 26.1. The van der Waals surface area contributed by atoms with E-state index in [4.69, 9.17) is 0 Å². The number of benzene rings is 4. The van der Waals surface area contributed by atoms with Crippen LogP contribution in [0.2, 0.25) is 12.1 Å². The van der Waals surface area contributed by atoms with E-state index in [9.17, 15) is 0 Å². The molecule has 38 heavy (non-hydrogen) atoms. The van der Waals surface area contributed by atoms with Crippen molar-refractivity contribution >= 4 is 18.1 Å². The quantitative estimate of drug-likeness (QED) is 0.180. The standard InChI is InChI=1S/C36H35Si.Zr/c1-3-25-21-33-29(27-13-7-5-8-14-27)17-11-19-31(33)35(25)23-37-24-36-26(4-2)22-34-30(18-12-20-32(34)36)28-15-9-6-10-16-28;/h5-22,35-37H,3-4,23-24H2,1-2H3;. The summed E-state index contributed by atoms with van der Waals surface area (Å²) in [5, 5.41) is 0. The van der Waals surface area contributed by atoms with Crippen LogP contribution >= 0.6 is 0 Å². The minimum absolute atomic E-state index is 0.611. The van der Waals surface area contributed by atoms with Gasteiger partial charge in [-0.05, 0) is 0 Å².